The molecule has 20 heavy (non-hydrogen) atoms. The van der Waals surface area contributed by atoms with Gasteiger partial charge in [0.15, 0.2) is 0 Å². The summed E-state index contributed by atoms with van der Waals surface area (Å²) in [6.45, 7) is 2.98. The summed E-state index contributed by atoms with van der Waals surface area (Å²) in [6, 6.07) is 3.64. The van der Waals surface area contributed by atoms with Crippen LogP contribution in [0.3, 0.4) is 0 Å². The number of hydrogen-bond acceptors (Lipinski definition) is 4. The third-order valence-electron chi connectivity index (χ3n) is 3.75. The van der Waals surface area contributed by atoms with Crippen LogP contribution in [0.25, 0.3) is 0 Å². The molecule has 0 aromatic carbocycles. The molecule has 106 valence electrons. The highest BCUT2D eigenvalue weighted by atomic mass is 16.5. The van der Waals surface area contributed by atoms with E-state index in [0.29, 0.717) is 18.9 Å². The maximum atomic E-state index is 12.3. The largest absolute Gasteiger partial charge is 0.377 e. The number of ether oxygens (including phenoxy) is 1. The molecule has 3 heterocycles. The zero-order valence-corrected chi connectivity index (χ0v) is 11.5. The topological polar surface area (TPSA) is 74.0 Å². The van der Waals surface area contributed by atoms with E-state index in [9.17, 15) is 4.79 Å². The Labute approximate surface area is 116 Å². The maximum Gasteiger partial charge on any atom is 0.268 e. The van der Waals surface area contributed by atoms with Crippen LogP contribution in [-0.4, -0.2) is 44.7 Å². The van der Waals surface area contributed by atoms with E-state index >= 15 is 0 Å². The van der Waals surface area contributed by atoms with Gasteiger partial charge < -0.3 is 14.6 Å². The molecule has 1 saturated heterocycles. The lowest BCUT2D eigenvalue weighted by Crippen LogP contribution is -2.41. The van der Waals surface area contributed by atoms with Gasteiger partial charge >= 0.3 is 0 Å². The number of rotatable bonds is 3. The second kappa shape index (κ2) is 5.09. The zero-order valence-electron chi connectivity index (χ0n) is 11.5. The van der Waals surface area contributed by atoms with Crippen molar-refractivity contribution in [2.75, 3.05) is 13.2 Å². The van der Waals surface area contributed by atoms with Gasteiger partial charge in [-0.1, -0.05) is 5.21 Å². The molecule has 1 amide bonds. The normalized spacial score (nSPS) is 22.1. The number of amides is 1. The average Bonchev–Trinajstić information content (AvgIpc) is 3.12. The van der Waals surface area contributed by atoms with E-state index in [1.165, 1.54) is 0 Å². The number of nitrogens with zero attached hydrogens (tertiary/aromatic N) is 4. The fourth-order valence-corrected chi connectivity index (χ4v) is 2.42. The molecule has 0 bridgehead atoms. The minimum Gasteiger partial charge on any atom is -0.377 e. The van der Waals surface area contributed by atoms with Crippen LogP contribution >= 0.6 is 0 Å². The number of hydrogen-bond donors (Lipinski definition) is 1. The summed E-state index contributed by atoms with van der Waals surface area (Å²) in [7, 11) is 1.88. The van der Waals surface area contributed by atoms with Gasteiger partial charge in [0.2, 0.25) is 0 Å². The monoisotopic (exact) mass is 275 g/mol. The summed E-state index contributed by atoms with van der Waals surface area (Å²) in [5, 5.41) is 10.8. The number of carbonyl (C=O) groups excluding carboxylic acids is 1. The Morgan fingerprint density at radius 3 is 2.95 bits per heavy atom. The summed E-state index contributed by atoms with van der Waals surface area (Å²) >= 11 is 0. The molecule has 1 N–H and O–H groups in total. The minimum absolute atomic E-state index is 0.0113. The van der Waals surface area contributed by atoms with Gasteiger partial charge in [-0.25, -0.2) is 4.68 Å². The Morgan fingerprint density at radius 1 is 1.45 bits per heavy atom. The molecule has 7 heteroatoms. The molecule has 0 aliphatic carbocycles. The second-order valence-corrected chi connectivity index (χ2v) is 4.99. The second-order valence-electron chi connectivity index (χ2n) is 4.99. The third kappa shape index (κ3) is 2.20. The van der Waals surface area contributed by atoms with Crippen molar-refractivity contribution in [2.45, 2.75) is 19.0 Å². The SMILES string of the molecule is Cc1ccc(C(=O)N[C@H]2COC[C@H]2n2ccnn2)n1C. The molecule has 2 atom stereocenters. The molecule has 1 fully saturated rings. The molecular weight excluding hydrogens is 258 g/mol. The lowest BCUT2D eigenvalue weighted by Gasteiger charge is -2.19. The van der Waals surface area contributed by atoms with E-state index in [1.54, 1.807) is 17.1 Å². The molecule has 7 nitrogen and oxygen atoms in total. The van der Waals surface area contributed by atoms with E-state index in [0.717, 1.165) is 5.69 Å². The zero-order chi connectivity index (χ0) is 14.1. The van der Waals surface area contributed by atoms with E-state index in [4.69, 9.17) is 4.74 Å². The van der Waals surface area contributed by atoms with Crippen molar-refractivity contribution < 1.29 is 9.53 Å². The molecule has 2 aromatic rings. The summed E-state index contributed by atoms with van der Waals surface area (Å²) in [5.74, 6) is -0.0961. The average molecular weight is 275 g/mol. The van der Waals surface area contributed by atoms with Gasteiger partial charge in [-0.3, -0.25) is 4.79 Å². The summed E-state index contributed by atoms with van der Waals surface area (Å²) < 4.78 is 9.06. The highest BCUT2D eigenvalue weighted by Gasteiger charge is 2.32. The quantitative estimate of drug-likeness (QED) is 0.874. The van der Waals surface area contributed by atoms with Crippen LogP contribution < -0.4 is 5.32 Å². The fraction of sp³-hybridized carbons (Fsp3) is 0.462. The summed E-state index contributed by atoms with van der Waals surface area (Å²) in [5.41, 5.74) is 1.69. The molecule has 0 saturated carbocycles. The Hall–Kier alpha value is -2.15. The number of aromatic nitrogens is 4. The van der Waals surface area contributed by atoms with Gasteiger partial charge in [0.1, 0.15) is 5.69 Å². The summed E-state index contributed by atoms with van der Waals surface area (Å²) in [6.07, 6.45) is 3.41. The van der Waals surface area contributed by atoms with E-state index < -0.39 is 0 Å². The lowest BCUT2D eigenvalue weighted by molar-refractivity contribution is 0.0916. The predicted octanol–water partition coefficient (Wildman–Crippen LogP) is 0.295. The van der Waals surface area contributed by atoms with Gasteiger partial charge in [0.25, 0.3) is 5.91 Å². The standard InChI is InChI=1S/C13H17N5O2/c1-9-3-4-11(17(9)2)13(19)15-10-7-20-8-12(10)18-6-5-14-16-18/h3-6,10,12H,7-8H2,1-2H3,(H,15,19)/t10-,12+/m0/s1. The molecule has 0 unspecified atom stereocenters. The number of aryl methyl sites for hydroxylation is 1. The Bertz CT molecular complexity index is 604. The van der Waals surface area contributed by atoms with Crippen LogP contribution in [0.5, 0.6) is 0 Å². The lowest BCUT2D eigenvalue weighted by atomic mass is 10.1. The van der Waals surface area contributed by atoms with Crippen molar-refractivity contribution in [3.63, 3.8) is 0 Å². The van der Waals surface area contributed by atoms with Gasteiger partial charge in [0.05, 0.1) is 31.5 Å². The summed E-state index contributed by atoms with van der Waals surface area (Å²) in [4.78, 5) is 12.3. The van der Waals surface area contributed by atoms with Crippen LogP contribution in [0, 0.1) is 6.92 Å². The van der Waals surface area contributed by atoms with Crippen LogP contribution in [0.15, 0.2) is 24.5 Å². The first kappa shape index (κ1) is 12.9. The van der Waals surface area contributed by atoms with Crippen molar-refractivity contribution in [3.05, 3.63) is 35.9 Å². The van der Waals surface area contributed by atoms with Crippen molar-refractivity contribution in [2.24, 2.45) is 7.05 Å². The molecular formula is C13H17N5O2. The van der Waals surface area contributed by atoms with Crippen LogP contribution in [0.4, 0.5) is 0 Å². The van der Waals surface area contributed by atoms with Crippen molar-refractivity contribution >= 4 is 5.91 Å². The highest BCUT2D eigenvalue weighted by Crippen LogP contribution is 2.19. The van der Waals surface area contributed by atoms with Crippen molar-refractivity contribution in [3.8, 4) is 0 Å². The number of carbonyl (C=O) groups is 1. The van der Waals surface area contributed by atoms with Gasteiger partial charge in [0, 0.05) is 18.9 Å². The molecule has 0 radical (unpaired) electrons. The molecule has 1 aliphatic rings. The number of nitrogens with one attached hydrogen (secondary N) is 1. The Balaban J connectivity index is 1.74. The van der Waals surface area contributed by atoms with Crippen molar-refractivity contribution in [1.29, 1.82) is 0 Å². The first-order chi connectivity index (χ1) is 9.66. The van der Waals surface area contributed by atoms with Crippen LogP contribution in [0.1, 0.15) is 22.2 Å². The fourth-order valence-electron chi connectivity index (χ4n) is 2.42. The van der Waals surface area contributed by atoms with Gasteiger partial charge in [-0.05, 0) is 19.1 Å². The van der Waals surface area contributed by atoms with Gasteiger partial charge in [-0.2, -0.15) is 0 Å². The molecule has 0 spiro atoms. The third-order valence-corrected chi connectivity index (χ3v) is 3.75. The van der Waals surface area contributed by atoms with Crippen LogP contribution in [-0.2, 0) is 11.8 Å². The van der Waals surface area contributed by atoms with E-state index in [1.807, 2.05) is 30.7 Å². The minimum atomic E-state index is -0.0978. The highest BCUT2D eigenvalue weighted by molar-refractivity contribution is 5.93. The van der Waals surface area contributed by atoms with E-state index in [-0.39, 0.29) is 18.0 Å². The van der Waals surface area contributed by atoms with Gasteiger partial charge in [-0.15, -0.1) is 5.10 Å². The Kier molecular flexibility index (Phi) is 3.27. The van der Waals surface area contributed by atoms with E-state index in [2.05, 4.69) is 15.6 Å². The first-order valence-corrected chi connectivity index (χ1v) is 6.53. The molecule has 1 aliphatic heterocycles. The Morgan fingerprint density at radius 2 is 2.30 bits per heavy atom. The molecule has 2 aromatic heterocycles. The predicted molar refractivity (Wildman–Crippen MR) is 71.3 cm³/mol. The van der Waals surface area contributed by atoms with Crippen molar-refractivity contribution in [1.82, 2.24) is 24.9 Å². The smallest absolute Gasteiger partial charge is 0.268 e. The van der Waals surface area contributed by atoms with Crippen LogP contribution in [0.2, 0.25) is 0 Å². The first-order valence-electron chi connectivity index (χ1n) is 6.53. The maximum absolute atomic E-state index is 12.3. The molecule has 3 rings (SSSR count).